The fourth-order valence-electron chi connectivity index (χ4n) is 3.17. The molecule has 3 rings (SSSR count). The van der Waals surface area contributed by atoms with E-state index in [0.717, 1.165) is 11.1 Å². The molecule has 3 aromatic rings. The summed E-state index contributed by atoms with van der Waals surface area (Å²) in [5.41, 5.74) is 3.26. The summed E-state index contributed by atoms with van der Waals surface area (Å²) in [6.45, 7) is 1.51. The van der Waals surface area contributed by atoms with Gasteiger partial charge < -0.3 is 10.1 Å². The molecule has 0 spiro atoms. The SMILES string of the molecule is COc1ccc(C(C)=O)cc1CC(=O)NC(c1ccccc1)c1ccccc1. The van der Waals surface area contributed by atoms with Crippen LogP contribution in [-0.2, 0) is 11.2 Å². The number of carbonyl (C=O) groups excluding carboxylic acids is 2. The standard InChI is InChI=1S/C24H23NO3/c1-17(26)20-13-14-22(28-2)21(15-20)16-23(27)25-24(18-9-5-3-6-10-18)19-11-7-4-8-12-19/h3-15,24H,16H2,1-2H3,(H,25,27). The van der Waals surface area contributed by atoms with E-state index in [9.17, 15) is 9.59 Å². The van der Waals surface area contributed by atoms with Crippen molar-refractivity contribution in [2.45, 2.75) is 19.4 Å². The minimum Gasteiger partial charge on any atom is -0.496 e. The molecule has 0 aromatic heterocycles. The highest BCUT2D eigenvalue weighted by Crippen LogP contribution is 2.24. The molecule has 0 radical (unpaired) electrons. The zero-order valence-corrected chi connectivity index (χ0v) is 16.0. The van der Waals surface area contributed by atoms with Crippen molar-refractivity contribution in [2.75, 3.05) is 7.11 Å². The molecule has 28 heavy (non-hydrogen) atoms. The lowest BCUT2D eigenvalue weighted by Crippen LogP contribution is -2.30. The van der Waals surface area contributed by atoms with Gasteiger partial charge in [0.05, 0.1) is 19.6 Å². The van der Waals surface area contributed by atoms with Gasteiger partial charge in [-0.2, -0.15) is 0 Å². The second kappa shape index (κ2) is 9.00. The van der Waals surface area contributed by atoms with Gasteiger partial charge >= 0.3 is 0 Å². The topological polar surface area (TPSA) is 55.4 Å². The number of rotatable bonds is 7. The summed E-state index contributed by atoms with van der Waals surface area (Å²) in [5, 5.41) is 3.12. The Morgan fingerprint density at radius 2 is 1.46 bits per heavy atom. The van der Waals surface area contributed by atoms with Gasteiger partial charge in [-0.3, -0.25) is 9.59 Å². The molecule has 0 atom stereocenters. The van der Waals surface area contributed by atoms with Crippen molar-refractivity contribution in [1.82, 2.24) is 5.32 Å². The van der Waals surface area contributed by atoms with Gasteiger partial charge in [-0.05, 0) is 36.2 Å². The van der Waals surface area contributed by atoms with Gasteiger partial charge in [0.25, 0.3) is 0 Å². The van der Waals surface area contributed by atoms with Crippen LogP contribution in [0.15, 0.2) is 78.9 Å². The molecule has 0 unspecified atom stereocenters. The summed E-state index contributed by atoms with van der Waals surface area (Å²) in [6.07, 6.45) is 0.125. The Morgan fingerprint density at radius 3 is 1.96 bits per heavy atom. The first-order chi connectivity index (χ1) is 13.6. The van der Waals surface area contributed by atoms with E-state index in [1.165, 1.54) is 6.92 Å². The zero-order valence-electron chi connectivity index (χ0n) is 16.0. The van der Waals surface area contributed by atoms with Crippen molar-refractivity contribution in [3.05, 3.63) is 101 Å². The molecule has 0 aliphatic heterocycles. The summed E-state index contributed by atoms with van der Waals surface area (Å²) >= 11 is 0. The molecule has 142 valence electrons. The summed E-state index contributed by atoms with van der Waals surface area (Å²) in [6, 6.07) is 24.6. The van der Waals surface area contributed by atoms with Crippen molar-refractivity contribution < 1.29 is 14.3 Å². The second-order valence-electron chi connectivity index (χ2n) is 6.58. The third-order valence-corrected chi connectivity index (χ3v) is 4.61. The number of carbonyl (C=O) groups is 2. The van der Waals surface area contributed by atoms with E-state index in [1.54, 1.807) is 25.3 Å². The van der Waals surface area contributed by atoms with Crippen LogP contribution in [0.4, 0.5) is 0 Å². The number of ketones is 1. The molecule has 0 heterocycles. The van der Waals surface area contributed by atoms with E-state index in [1.807, 2.05) is 60.7 Å². The number of nitrogens with one attached hydrogen (secondary N) is 1. The normalized spacial score (nSPS) is 10.5. The maximum absolute atomic E-state index is 12.9. The van der Waals surface area contributed by atoms with Gasteiger partial charge in [-0.1, -0.05) is 60.7 Å². The van der Waals surface area contributed by atoms with E-state index in [2.05, 4.69) is 5.32 Å². The van der Waals surface area contributed by atoms with Crippen molar-refractivity contribution in [3.8, 4) is 5.75 Å². The second-order valence-corrected chi connectivity index (χ2v) is 6.58. The highest BCUT2D eigenvalue weighted by molar-refractivity contribution is 5.94. The predicted molar refractivity (Wildman–Crippen MR) is 110 cm³/mol. The van der Waals surface area contributed by atoms with Crippen LogP contribution < -0.4 is 10.1 Å². The van der Waals surface area contributed by atoms with Crippen LogP contribution in [-0.4, -0.2) is 18.8 Å². The minimum atomic E-state index is -0.253. The van der Waals surface area contributed by atoms with Crippen LogP contribution in [0.2, 0.25) is 0 Å². The van der Waals surface area contributed by atoms with Gasteiger partial charge in [-0.25, -0.2) is 0 Å². The number of benzene rings is 3. The Labute approximate surface area is 165 Å². The van der Waals surface area contributed by atoms with E-state index in [-0.39, 0.29) is 24.2 Å². The molecule has 0 bridgehead atoms. The molecule has 1 N–H and O–H groups in total. The molecule has 0 fully saturated rings. The maximum Gasteiger partial charge on any atom is 0.225 e. The first-order valence-electron chi connectivity index (χ1n) is 9.15. The highest BCUT2D eigenvalue weighted by atomic mass is 16.5. The van der Waals surface area contributed by atoms with Crippen molar-refractivity contribution >= 4 is 11.7 Å². The Kier molecular flexibility index (Phi) is 6.22. The number of methoxy groups -OCH3 is 1. The summed E-state index contributed by atoms with van der Waals surface area (Å²) in [5.74, 6) is 0.406. The van der Waals surface area contributed by atoms with Crippen LogP contribution in [0.3, 0.4) is 0 Å². The third-order valence-electron chi connectivity index (χ3n) is 4.61. The molecule has 0 saturated carbocycles. The Morgan fingerprint density at radius 1 is 0.893 bits per heavy atom. The smallest absolute Gasteiger partial charge is 0.225 e. The first kappa shape index (κ1) is 19.4. The van der Waals surface area contributed by atoms with Gasteiger partial charge in [0.2, 0.25) is 5.91 Å². The Bertz CT molecular complexity index is 913. The van der Waals surface area contributed by atoms with Crippen LogP contribution in [0.1, 0.15) is 40.0 Å². The summed E-state index contributed by atoms with van der Waals surface area (Å²) in [4.78, 5) is 24.6. The third kappa shape index (κ3) is 4.65. The molecule has 4 heteroatoms. The molecule has 0 aliphatic carbocycles. The molecule has 3 aromatic carbocycles. The van der Waals surface area contributed by atoms with Gasteiger partial charge in [0.15, 0.2) is 5.78 Å². The lowest BCUT2D eigenvalue weighted by atomic mass is 9.98. The molecule has 0 aliphatic rings. The van der Waals surface area contributed by atoms with Crippen LogP contribution in [0.25, 0.3) is 0 Å². The maximum atomic E-state index is 12.9. The molecular weight excluding hydrogens is 350 g/mol. The van der Waals surface area contributed by atoms with Gasteiger partial charge in [-0.15, -0.1) is 0 Å². The Balaban J connectivity index is 1.85. The number of hydrogen-bond acceptors (Lipinski definition) is 3. The largest absolute Gasteiger partial charge is 0.496 e. The van der Waals surface area contributed by atoms with Crippen molar-refractivity contribution in [1.29, 1.82) is 0 Å². The van der Waals surface area contributed by atoms with Crippen LogP contribution >= 0.6 is 0 Å². The number of hydrogen-bond donors (Lipinski definition) is 1. The van der Waals surface area contributed by atoms with Crippen molar-refractivity contribution in [2.24, 2.45) is 0 Å². The Hall–Kier alpha value is -3.40. The van der Waals surface area contributed by atoms with Gasteiger partial charge in [0, 0.05) is 11.1 Å². The predicted octanol–water partition coefficient (Wildman–Crippen LogP) is 4.35. The van der Waals surface area contributed by atoms with E-state index in [0.29, 0.717) is 16.9 Å². The number of Topliss-reactive ketones (excluding diaryl/α,β-unsaturated/α-hetero) is 1. The monoisotopic (exact) mass is 373 g/mol. The highest BCUT2D eigenvalue weighted by Gasteiger charge is 2.18. The number of ether oxygens (including phenoxy) is 1. The average molecular weight is 373 g/mol. The minimum absolute atomic E-state index is 0.0456. The first-order valence-corrected chi connectivity index (χ1v) is 9.15. The lowest BCUT2D eigenvalue weighted by Gasteiger charge is -2.20. The summed E-state index contributed by atoms with van der Waals surface area (Å²) in [7, 11) is 1.56. The molecule has 4 nitrogen and oxygen atoms in total. The quantitative estimate of drug-likeness (QED) is 0.627. The van der Waals surface area contributed by atoms with Crippen molar-refractivity contribution in [3.63, 3.8) is 0 Å². The van der Waals surface area contributed by atoms with Gasteiger partial charge in [0.1, 0.15) is 5.75 Å². The molecular formula is C24H23NO3. The summed E-state index contributed by atoms with van der Waals surface area (Å²) < 4.78 is 5.36. The zero-order chi connectivity index (χ0) is 19.9. The van der Waals surface area contributed by atoms with E-state index in [4.69, 9.17) is 4.74 Å². The fourth-order valence-corrected chi connectivity index (χ4v) is 3.17. The van der Waals surface area contributed by atoms with E-state index < -0.39 is 0 Å². The van der Waals surface area contributed by atoms with Crippen LogP contribution in [0, 0.1) is 0 Å². The number of amides is 1. The molecule has 1 amide bonds. The lowest BCUT2D eigenvalue weighted by molar-refractivity contribution is -0.121. The van der Waals surface area contributed by atoms with Crippen LogP contribution in [0.5, 0.6) is 5.75 Å². The van der Waals surface area contributed by atoms with E-state index >= 15 is 0 Å². The fraction of sp³-hybridized carbons (Fsp3) is 0.167. The average Bonchev–Trinajstić information content (AvgIpc) is 2.73. The molecule has 0 saturated heterocycles.